The highest BCUT2D eigenvalue weighted by molar-refractivity contribution is 5.90. The fraction of sp³-hybridized carbons (Fsp3) is 0.150. The largest absolute Gasteiger partial charge is 0.507 e. The van der Waals surface area contributed by atoms with Gasteiger partial charge in [0.25, 0.3) is 0 Å². The van der Waals surface area contributed by atoms with Crippen molar-refractivity contribution >= 4 is 22.6 Å². The molecule has 2 heterocycles. The molecule has 0 atom stereocenters. The molecule has 0 aliphatic carbocycles. The molecule has 0 bridgehead atoms. The van der Waals surface area contributed by atoms with Crippen LogP contribution in [0, 0.1) is 11.3 Å². The topological polar surface area (TPSA) is 117 Å². The monoisotopic (exact) mass is 377 g/mol. The van der Waals surface area contributed by atoms with Crippen molar-refractivity contribution in [2.45, 2.75) is 0 Å². The average Bonchev–Trinajstić information content (AvgIpc) is 3.15. The van der Waals surface area contributed by atoms with E-state index in [2.05, 4.69) is 9.97 Å². The third kappa shape index (κ3) is 3.33. The maximum absolute atomic E-state index is 12.3. The second kappa shape index (κ2) is 7.32. The van der Waals surface area contributed by atoms with Crippen LogP contribution in [0.15, 0.2) is 48.2 Å². The van der Waals surface area contributed by atoms with Crippen LogP contribution in [0.25, 0.3) is 16.6 Å². The van der Waals surface area contributed by atoms with Gasteiger partial charge in [0.15, 0.2) is 23.1 Å². The van der Waals surface area contributed by atoms with E-state index in [4.69, 9.17) is 14.2 Å². The molecule has 2 aromatic carbocycles. The Bertz CT molecular complexity index is 1090. The summed E-state index contributed by atoms with van der Waals surface area (Å²) in [4.78, 5) is 19.5. The van der Waals surface area contributed by atoms with E-state index in [1.165, 1.54) is 6.07 Å². The van der Waals surface area contributed by atoms with E-state index < -0.39 is 18.3 Å². The molecular formula is C20H15N3O5. The first kappa shape index (κ1) is 17.4. The standard InChI is InChI=1S/C20H15N3O5/c21-10-13(19-22-14-3-1-2-4-15(14)23-19)16(24)11-28-20(25)12-5-6-17-18(9-12)27-8-7-26-17/h1-6,9,24H,7-8,11H2,(H,22,23). The zero-order valence-electron chi connectivity index (χ0n) is 14.6. The number of para-hydroxylation sites is 2. The van der Waals surface area contributed by atoms with E-state index >= 15 is 0 Å². The third-order valence-electron chi connectivity index (χ3n) is 4.14. The molecule has 4 rings (SSSR count). The summed E-state index contributed by atoms with van der Waals surface area (Å²) in [6.45, 7) is 0.388. The summed E-state index contributed by atoms with van der Waals surface area (Å²) in [5.74, 6) is 0.164. The molecule has 0 unspecified atom stereocenters. The number of carbonyl (C=O) groups excluding carboxylic acids is 1. The van der Waals surface area contributed by atoms with E-state index in [9.17, 15) is 15.2 Å². The number of H-pyrrole nitrogens is 1. The molecule has 0 spiro atoms. The van der Waals surface area contributed by atoms with E-state index in [-0.39, 0.29) is 17.0 Å². The normalized spacial score (nSPS) is 13.5. The lowest BCUT2D eigenvalue weighted by atomic mass is 10.2. The number of aromatic amines is 1. The van der Waals surface area contributed by atoms with Crippen molar-refractivity contribution in [2.24, 2.45) is 0 Å². The van der Waals surface area contributed by atoms with Crippen LogP contribution in [0.5, 0.6) is 11.5 Å². The van der Waals surface area contributed by atoms with Crippen molar-refractivity contribution in [3.05, 3.63) is 59.6 Å². The number of carbonyl (C=O) groups is 1. The molecule has 0 saturated carbocycles. The van der Waals surface area contributed by atoms with Gasteiger partial charge in [-0.15, -0.1) is 0 Å². The fourth-order valence-electron chi connectivity index (χ4n) is 2.79. The molecule has 0 fully saturated rings. The fourth-order valence-corrected chi connectivity index (χ4v) is 2.79. The molecule has 28 heavy (non-hydrogen) atoms. The number of hydrogen-bond donors (Lipinski definition) is 2. The van der Waals surface area contributed by atoms with Crippen LogP contribution in [-0.4, -0.2) is 40.9 Å². The number of nitrogens with one attached hydrogen (secondary N) is 1. The summed E-state index contributed by atoms with van der Waals surface area (Å²) >= 11 is 0. The third-order valence-corrected chi connectivity index (χ3v) is 4.14. The smallest absolute Gasteiger partial charge is 0.338 e. The van der Waals surface area contributed by atoms with Gasteiger partial charge in [-0.3, -0.25) is 0 Å². The van der Waals surface area contributed by atoms with Gasteiger partial charge in [0.1, 0.15) is 31.5 Å². The molecule has 8 nitrogen and oxygen atoms in total. The Balaban J connectivity index is 1.51. The van der Waals surface area contributed by atoms with Crippen LogP contribution in [-0.2, 0) is 4.74 Å². The second-order valence-electron chi connectivity index (χ2n) is 5.97. The number of benzene rings is 2. The van der Waals surface area contributed by atoms with E-state index in [1.54, 1.807) is 24.3 Å². The number of fused-ring (bicyclic) bond motifs is 2. The van der Waals surface area contributed by atoms with Crippen molar-refractivity contribution in [1.82, 2.24) is 9.97 Å². The number of esters is 1. The minimum Gasteiger partial charge on any atom is -0.507 e. The molecule has 2 N–H and O–H groups in total. The zero-order chi connectivity index (χ0) is 19.5. The lowest BCUT2D eigenvalue weighted by molar-refractivity contribution is 0.0501. The van der Waals surface area contributed by atoms with Gasteiger partial charge < -0.3 is 24.3 Å². The predicted molar refractivity (Wildman–Crippen MR) is 99.0 cm³/mol. The van der Waals surface area contributed by atoms with Crippen LogP contribution in [0.1, 0.15) is 16.2 Å². The van der Waals surface area contributed by atoms with Crippen LogP contribution in [0.3, 0.4) is 0 Å². The summed E-state index contributed by atoms with van der Waals surface area (Å²) < 4.78 is 16.0. The highest BCUT2D eigenvalue weighted by Crippen LogP contribution is 2.31. The Kier molecular flexibility index (Phi) is 4.56. The molecular weight excluding hydrogens is 362 g/mol. The summed E-state index contributed by atoms with van der Waals surface area (Å²) in [5.41, 5.74) is 1.54. The number of allylic oxidation sites excluding steroid dienone is 1. The number of nitrogens with zero attached hydrogens (tertiary/aromatic N) is 2. The van der Waals surface area contributed by atoms with Gasteiger partial charge in [0.05, 0.1) is 16.6 Å². The van der Waals surface area contributed by atoms with Crippen molar-refractivity contribution in [3.63, 3.8) is 0 Å². The lowest BCUT2D eigenvalue weighted by Gasteiger charge is -2.18. The SMILES string of the molecule is N#CC(=C(O)COC(=O)c1ccc2c(c1)OCCO2)c1nc2ccccc2[nH]1. The number of rotatable bonds is 4. The first-order chi connectivity index (χ1) is 13.7. The molecule has 0 saturated heterocycles. The molecule has 0 radical (unpaired) electrons. The number of hydrogen-bond acceptors (Lipinski definition) is 7. The Morgan fingerprint density at radius 3 is 2.79 bits per heavy atom. The summed E-state index contributed by atoms with van der Waals surface area (Å²) in [6, 6.07) is 13.8. The zero-order valence-corrected chi connectivity index (χ0v) is 14.6. The Hall–Kier alpha value is -3.99. The molecule has 1 aliphatic heterocycles. The molecule has 1 aromatic heterocycles. The number of ether oxygens (including phenoxy) is 3. The quantitative estimate of drug-likeness (QED) is 0.408. The number of nitriles is 1. The summed E-state index contributed by atoms with van der Waals surface area (Å²) in [5, 5.41) is 19.6. The first-order valence-electron chi connectivity index (χ1n) is 8.50. The van der Waals surface area contributed by atoms with Gasteiger partial charge in [0.2, 0.25) is 0 Å². The summed E-state index contributed by atoms with van der Waals surface area (Å²) in [7, 11) is 0. The highest BCUT2D eigenvalue weighted by atomic mass is 16.6. The average molecular weight is 377 g/mol. The van der Waals surface area contributed by atoms with Gasteiger partial charge in [-0.25, -0.2) is 9.78 Å². The van der Waals surface area contributed by atoms with Crippen molar-refractivity contribution in [3.8, 4) is 17.6 Å². The maximum atomic E-state index is 12.3. The van der Waals surface area contributed by atoms with Crippen LogP contribution < -0.4 is 9.47 Å². The van der Waals surface area contributed by atoms with Gasteiger partial charge in [-0.05, 0) is 30.3 Å². The van der Waals surface area contributed by atoms with Crippen LogP contribution in [0.2, 0.25) is 0 Å². The van der Waals surface area contributed by atoms with Crippen molar-refractivity contribution in [2.75, 3.05) is 19.8 Å². The van der Waals surface area contributed by atoms with E-state index in [0.29, 0.717) is 30.2 Å². The van der Waals surface area contributed by atoms with Crippen LogP contribution >= 0.6 is 0 Å². The Morgan fingerprint density at radius 1 is 1.21 bits per heavy atom. The number of imidazole rings is 1. The minimum absolute atomic E-state index is 0.0915. The highest BCUT2D eigenvalue weighted by Gasteiger charge is 2.18. The lowest BCUT2D eigenvalue weighted by Crippen LogP contribution is -2.16. The van der Waals surface area contributed by atoms with Crippen LogP contribution in [0.4, 0.5) is 0 Å². The number of aliphatic hydroxyl groups excluding tert-OH is 1. The molecule has 140 valence electrons. The van der Waals surface area contributed by atoms with E-state index in [1.807, 2.05) is 18.2 Å². The van der Waals surface area contributed by atoms with Gasteiger partial charge >= 0.3 is 5.97 Å². The molecule has 3 aromatic rings. The maximum Gasteiger partial charge on any atom is 0.338 e. The number of aliphatic hydroxyl groups is 1. The van der Waals surface area contributed by atoms with E-state index in [0.717, 1.165) is 5.52 Å². The summed E-state index contributed by atoms with van der Waals surface area (Å²) in [6.07, 6.45) is 0. The molecule has 8 heteroatoms. The predicted octanol–water partition coefficient (Wildman–Crippen LogP) is 2.98. The second-order valence-corrected chi connectivity index (χ2v) is 5.97. The first-order valence-corrected chi connectivity index (χ1v) is 8.50. The van der Waals surface area contributed by atoms with Crippen molar-refractivity contribution in [1.29, 1.82) is 5.26 Å². The van der Waals surface area contributed by atoms with Gasteiger partial charge in [0, 0.05) is 0 Å². The molecule has 1 aliphatic rings. The van der Waals surface area contributed by atoms with Gasteiger partial charge in [-0.1, -0.05) is 12.1 Å². The van der Waals surface area contributed by atoms with Gasteiger partial charge in [-0.2, -0.15) is 5.26 Å². The van der Waals surface area contributed by atoms with Crippen molar-refractivity contribution < 1.29 is 24.1 Å². The number of aromatic nitrogens is 2. The Labute approximate surface area is 159 Å². The minimum atomic E-state index is -0.662. The Morgan fingerprint density at radius 2 is 2.00 bits per heavy atom. The molecule has 0 amide bonds.